The molecule has 0 aromatic carbocycles. The van der Waals surface area contributed by atoms with Gasteiger partial charge in [0, 0.05) is 15.8 Å². The molecule has 0 saturated heterocycles. The maximum absolute atomic E-state index is 13.3. The first-order valence-electron chi connectivity index (χ1n) is 9.48. The van der Waals surface area contributed by atoms with Crippen molar-refractivity contribution < 1.29 is 4.79 Å². The zero-order valence-electron chi connectivity index (χ0n) is 16.0. The minimum atomic E-state index is -0.0377. The van der Waals surface area contributed by atoms with Crippen molar-refractivity contribution in [1.29, 1.82) is 0 Å². The molecule has 3 heterocycles. The van der Waals surface area contributed by atoms with Crippen LogP contribution in [0.1, 0.15) is 47.0 Å². The Labute approximate surface area is 176 Å². The van der Waals surface area contributed by atoms with Gasteiger partial charge in [-0.25, -0.2) is 4.98 Å². The largest absolute Gasteiger partial charge is 0.350 e. The Hall–Kier alpha value is -1.64. The van der Waals surface area contributed by atoms with Gasteiger partial charge < -0.3 is 5.32 Å². The van der Waals surface area contributed by atoms with Crippen molar-refractivity contribution in [1.82, 2.24) is 14.9 Å². The fraction of sp³-hybridized carbons (Fsp3) is 0.450. The highest BCUT2D eigenvalue weighted by Crippen LogP contribution is 2.34. The van der Waals surface area contributed by atoms with Gasteiger partial charge in [0.05, 0.1) is 17.7 Å². The third-order valence-electron chi connectivity index (χ3n) is 5.26. The Morgan fingerprint density at radius 1 is 1.36 bits per heavy atom. The van der Waals surface area contributed by atoms with E-state index in [-0.39, 0.29) is 23.3 Å². The van der Waals surface area contributed by atoms with E-state index in [2.05, 4.69) is 5.32 Å². The van der Waals surface area contributed by atoms with Crippen LogP contribution in [-0.4, -0.2) is 21.2 Å². The summed E-state index contributed by atoms with van der Waals surface area (Å²) < 4.78 is 1.87. The molecule has 1 aliphatic rings. The number of aryl methyl sites for hydroxylation is 2. The van der Waals surface area contributed by atoms with E-state index in [1.165, 1.54) is 11.8 Å². The number of hydrogen-bond donors (Lipinski definition) is 1. The van der Waals surface area contributed by atoms with E-state index >= 15 is 0 Å². The monoisotopic (exact) mass is 433 g/mol. The third-order valence-corrected chi connectivity index (χ3v) is 8.19. The maximum Gasteiger partial charge on any atom is 0.263 e. The Morgan fingerprint density at radius 2 is 2.14 bits per heavy atom. The molecule has 5 nitrogen and oxygen atoms in total. The lowest BCUT2D eigenvalue weighted by Crippen LogP contribution is -2.28. The standard InChI is InChI=1S/C20H23N3O2S3/c1-12-13(2)28-18-17(12)19(25)23(14-6-3-4-7-14)20(22-18)27-11-16(24)21-10-15-8-5-9-26-15/h5,8-9,14H,3-4,6-7,10-11H2,1-2H3,(H,21,24). The predicted octanol–water partition coefficient (Wildman–Crippen LogP) is 4.66. The SMILES string of the molecule is Cc1sc2nc(SCC(=O)NCc3cccs3)n(C3CCCC3)c(=O)c2c1C. The van der Waals surface area contributed by atoms with Crippen molar-refractivity contribution in [3.63, 3.8) is 0 Å². The number of nitrogens with zero attached hydrogens (tertiary/aromatic N) is 2. The second kappa shape index (κ2) is 8.39. The summed E-state index contributed by atoms with van der Waals surface area (Å²) in [5.41, 5.74) is 1.09. The van der Waals surface area contributed by atoms with Crippen molar-refractivity contribution in [3.8, 4) is 0 Å². The van der Waals surface area contributed by atoms with Crippen molar-refractivity contribution in [3.05, 3.63) is 43.2 Å². The molecule has 0 unspecified atom stereocenters. The van der Waals surface area contributed by atoms with E-state index in [9.17, 15) is 9.59 Å². The molecule has 4 rings (SSSR count). The van der Waals surface area contributed by atoms with Gasteiger partial charge in [-0.05, 0) is 43.7 Å². The number of carbonyl (C=O) groups is 1. The minimum Gasteiger partial charge on any atom is -0.350 e. The number of thioether (sulfide) groups is 1. The lowest BCUT2D eigenvalue weighted by molar-refractivity contribution is -0.118. The van der Waals surface area contributed by atoms with Gasteiger partial charge >= 0.3 is 0 Å². The summed E-state index contributed by atoms with van der Waals surface area (Å²) in [5, 5.41) is 6.38. The van der Waals surface area contributed by atoms with Crippen LogP contribution in [0.3, 0.4) is 0 Å². The predicted molar refractivity (Wildman–Crippen MR) is 118 cm³/mol. The first-order chi connectivity index (χ1) is 13.5. The van der Waals surface area contributed by atoms with Crippen LogP contribution in [0.2, 0.25) is 0 Å². The van der Waals surface area contributed by atoms with Gasteiger partial charge in [0.2, 0.25) is 5.91 Å². The smallest absolute Gasteiger partial charge is 0.263 e. The molecule has 0 radical (unpaired) electrons. The van der Waals surface area contributed by atoms with Crippen LogP contribution in [0.15, 0.2) is 27.5 Å². The number of fused-ring (bicyclic) bond motifs is 1. The van der Waals surface area contributed by atoms with E-state index in [1.807, 2.05) is 35.9 Å². The number of rotatable bonds is 6. The van der Waals surface area contributed by atoms with Crippen molar-refractivity contribution in [2.45, 2.75) is 57.3 Å². The van der Waals surface area contributed by atoms with Crippen molar-refractivity contribution >= 4 is 50.6 Å². The molecule has 1 fully saturated rings. The molecule has 1 N–H and O–H groups in total. The van der Waals surface area contributed by atoms with Crippen LogP contribution in [0.25, 0.3) is 10.2 Å². The molecule has 0 spiro atoms. The highest BCUT2D eigenvalue weighted by Gasteiger charge is 2.25. The van der Waals surface area contributed by atoms with Crippen LogP contribution in [0.4, 0.5) is 0 Å². The minimum absolute atomic E-state index is 0.0377. The fourth-order valence-electron chi connectivity index (χ4n) is 3.65. The molecule has 0 atom stereocenters. The number of thiophene rings is 2. The van der Waals surface area contributed by atoms with Gasteiger partial charge in [-0.1, -0.05) is 30.7 Å². The van der Waals surface area contributed by atoms with Gasteiger partial charge in [0.1, 0.15) is 4.83 Å². The number of aromatic nitrogens is 2. The summed E-state index contributed by atoms with van der Waals surface area (Å²) in [6, 6.07) is 4.18. The molecule has 0 aliphatic heterocycles. The highest BCUT2D eigenvalue weighted by molar-refractivity contribution is 7.99. The van der Waals surface area contributed by atoms with Crippen LogP contribution in [-0.2, 0) is 11.3 Å². The molecule has 1 aliphatic carbocycles. The van der Waals surface area contributed by atoms with Crippen molar-refractivity contribution in [2.24, 2.45) is 0 Å². The van der Waals surface area contributed by atoms with Gasteiger partial charge in [-0.3, -0.25) is 14.2 Å². The highest BCUT2D eigenvalue weighted by atomic mass is 32.2. The van der Waals surface area contributed by atoms with Crippen LogP contribution in [0.5, 0.6) is 0 Å². The first kappa shape index (κ1) is 19.7. The molecule has 3 aromatic heterocycles. The van der Waals surface area contributed by atoms with Gasteiger partial charge in [0.25, 0.3) is 5.56 Å². The lowest BCUT2D eigenvalue weighted by Gasteiger charge is -2.18. The third kappa shape index (κ3) is 3.90. The summed E-state index contributed by atoms with van der Waals surface area (Å²) in [6.45, 7) is 4.58. The first-order valence-corrected chi connectivity index (χ1v) is 12.2. The fourth-order valence-corrected chi connectivity index (χ4v) is 6.27. The normalized spacial score (nSPS) is 14.8. The van der Waals surface area contributed by atoms with Crippen molar-refractivity contribution in [2.75, 3.05) is 5.75 Å². The van der Waals surface area contributed by atoms with Crippen LogP contribution < -0.4 is 10.9 Å². The van der Waals surface area contributed by atoms with Crippen LogP contribution in [0, 0.1) is 13.8 Å². The Balaban J connectivity index is 1.59. The quantitative estimate of drug-likeness (QED) is 0.454. The average molecular weight is 434 g/mol. The number of nitrogens with one attached hydrogen (secondary N) is 1. The number of carbonyl (C=O) groups excluding carboxylic acids is 1. The van der Waals surface area contributed by atoms with Gasteiger partial charge in [-0.2, -0.15) is 0 Å². The Bertz CT molecular complexity index is 1050. The molecule has 148 valence electrons. The summed E-state index contributed by atoms with van der Waals surface area (Å²) >= 11 is 4.57. The number of hydrogen-bond acceptors (Lipinski definition) is 6. The van der Waals surface area contributed by atoms with E-state index < -0.39 is 0 Å². The average Bonchev–Trinajstić information content (AvgIpc) is 3.41. The summed E-state index contributed by atoms with van der Waals surface area (Å²) in [4.78, 5) is 33.5. The Morgan fingerprint density at radius 3 is 2.86 bits per heavy atom. The zero-order chi connectivity index (χ0) is 19.7. The summed E-state index contributed by atoms with van der Waals surface area (Å²) in [5.74, 6) is 0.226. The van der Waals surface area contributed by atoms with E-state index in [4.69, 9.17) is 4.98 Å². The Kier molecular flexibility index (Phi) is 5.89. The molecule has 1 saturated carbocycles. The van der Waals surface area contributed by atoms with Gasteiger partial charge in [-0.15, -0.1) is 22.7 Å². The molecule has 0 bridgehead atoms. The molecular weight excluding hydrogens is 410 g/mol. The summed E-state index contributed by atoms with van der Waals surface area (Å²) in [6.07, 6.45) is 4.30. The number of amides is 1. The van der Waals surface area contributed by atoms with Gasteiger partial charge in [0.15, 0.2) is 5.16 Å². The molecule has 8 heteroatoms. The molecule has 28 heavy (non-hydrogen) atoms. The summed E-state index contributed by atoms with van der Waals surface area (Å²) in [7, 11) is 0. The molecule has 3 aromatic rings. The molecular formula is C20H23N3O2S3. The van der Waals surface area contributed by atoms with E-state index in [0.717, 1.165) is 51.2 Å². The lowest BCUT2D eigenvalue weighted by atomic mass is 10.2. The zero-order valence-corrected chi connectivity index (χ0v) is 18.4. The second-order valence-corrected chi connectivity index (χ2v) is 10.3. The van der Waals surface area contributed by atoms with Crippen LogP contribution >= 0.6 is 34.4 Å². The van der Waals surface area contributed by atoms with E-state index in [0.29, 0.717) is 11.7 Å². The second-order valence-electron chi connectivity index (χ2n) is 7.12. The maximum atomic E-state index is 13.3. The van der Waals surface area contributed by atoms with E-state index in [1.54, 1.807) is 22.7 Å². The topological polar surface area (TPSA) is 64.0 Å². The molecule has 1 amide bonds.